The number of likely N-dealkylation sites (tertiary alicyclic amines) is 1. The Morgan fingerprint density at radius 2 is 2.04 bits per heavy atom. The van der Waals surface area contributed by atoms with Crippen molar-refractivity contribution in [3.05, 3.63) is 39.1 Å². The molecule has 0 spiro atoms. The van der Waals surface area contributed by atoms with Gasteiger partial charge in [0.2, 0.25) is 0 Å². The summed E-state index contributed by atoms with van der Waals surface area (Å²) in [6.07, 6.45) is 3.76. The highest BCUT2D eigenvalue weighted by Gasteiger charge is 2.21. The van der Waals surface area contributed by atoms with Gasteiger partial charge in [0.1, 0.15) is 15.7 Å². The van der Waals surface area contributed by atoms with Gasteiger partial charge >= 0.3 is 0 Å². The van der Waals surface area contributed by atoms with E-state index in [4.69, 9.17) is 11.6 Å². The van der Waals surface area contributed by atoms with E-state index in [1.807, 2.05) is 6.92 Å². The van der Waals surface area contributed by atoms with Gasteiger partial charge in [-0.1, -0.05) is 24.1 Å². The molecule has 1 aromatic heterocycles. The predicted molar refractivity (Wildman–Crippen MR) is 105 cm³/mol. The van der Waals surface area contributed by atoms with E-state index in [0.717, 1.165) is 25.2 Å². The van der Waals surface area contributed by atoms with Crippen molar-refractivity contribution in [3.63, 3.8) is 0 Å². The molecule has 1 fully saturated rings. The van der Waals surface area contributed by atoms with Crippen molar-refractivity contribution in [3.8, 4) is 10.6 Å². The lowest BCUT2D eigenvalue weighted by Crippen LogP contribution is -2.37. The van der Waals surface area contributed by atoms with Gasteiger partial charge in [0.15, 0.2) is 0 Å². The molecule has 1 aromatic carbocycles. The zero-order valence-electron chi connectivity index (χ0n) is 15.1. The maximum absolute atomic E-state index is 14.2. The number of hydrogen-bond donors (Lipinski definition) is 1. The van der Waals surface area contributed by atoms with Gasteiger partial charge in [-0.3, -0.25) is 4.79 Å². The van der Waals surface area contributed by atoms with E-state index >= 15 is 0 Å². The second-order valence-corrected chi connectivity index (χ2v) is 8.02. The molecular weight excluding hydrogens is 373 g/mol. The van der Waals surface area contributed by atoms with Crippen LogP contribution in [0.25, 0.3) is 10.6 Å². The summed E-state index contributed by atoms with van der Waals surface area (Å²) in [5.41, 5.74) is 1.65. The minimum atomic E-state index is -0.425. The molecule has 1 amide bonds. The molecule has 3 rings (SSSR count). The summed E-state index contributed by atoms with van der Waals surface area (Å²) in [5, 5.41) is 3.74. The number of nitrogens with zero attached hydrogens (tertiary/aromatic N) is 2. The highest BCUT2D eigenvalue weighted by molar-refractivity contribution is 7.17. The van der Waals surface area contributed by atoms with E-state index in [1.165, 1.54) is 36.7 Å². The Morgan fingerprint density at radius 1 is 1.31 bits per heavy atom. The molecule has 0 atom stereocenters. The fourth-order valence-corrected chi connectivity index (χ4v) is 4.49. The number of thiazole rings is 1. The molecule has 140 valence electrons. The lowest BCUT2D eigenvalue weighted by Gasteiger charge is -2.26. The quantitative estimate of drug-likeness (QED) is 0.814. The van der Waals surface area contributed by atoms with E-state index in [1.54, 1.807) is 13.0 Å². The summed E-state index contributed by atoms with van der Waals surface area (Å²) < 4.78 is 14.2. The van der Waals surface area contributed by atoms with Crippen molar-refractivity contribution in [2.45, 2.75) is 33.1 Å². The molecule has 0 aliphatic carbocycles. The second-order valence-electron chi connectivity index (χ2n) is 6.65. The largest absolute Gasteiger partial charge is 0.350 e. The number of aromatic nitrogens is 1. The topological polar surface area (TPSA) is 45.2 Å². The van der Waals surface area contributed by atoms with Crippen LogP contribution in [0.5, 0.6) is 0 Å². The summed E-state index contributed by atoms with van der Waals surface area (Å²) in [6.45, 7) is 7.25. The van der Waals surface area contributed by atoms with Gasteiger partial charge in [0, 0.05) is 13.1 Å². The van der Waals surface area contributed by atoms with Crippen LogP contribution in [0.2, 0.25) is 5.02 Å². The van der Waals surface area contributed by atoms with Gasteiger partial charge in [-0.25, -0.2) is 9.37 Å². The summed E-state index contributed by atoms with van der Waals surface area (Å²) in [6, 6.07) is 3.02. The van der Waals surface area contributed by atoms with Crippen molar-refractivity contribution in [2.24, 2.45) is 0 Å². The van der Waals surface area contributed by atoms with Crippen molar-refractivity contribution in [2.75, 3.05) is 26.2 Å². The predicted octanol–water partition coefficient (Wildman–Crippen LogP) is 4.44. The van der Waals surface area contributed by atoms with Crippen molar-refractivity contribution < 1.29 is 9.18 Å². The van der Waals surface area contributed by atoms with Crippen molar-refractivity contribution >= 4 is 28.8 Å². The molecule has 0 saturated carbocycles. The lowest BCUT2D eigenvalue weighted by atomic mass is 10.1. The van der Waals surface area contributed by atoms with Crippen LogP contribution >= 0.6 is 22.9 Å². The Kier molecular flexibility index (Phi) is 6.27. The van der Waals surface area contributed by atoms with Crippen LogP contribution in [0.1, 0.15) is 40.2 Å². The maximum atomic E-state index is 14.2. The Hall–Kier alpha value is -1.50. The minimum Gasteiger partial charge on any atom is -0.350 e. The number of hydrogen-bond acceptors (Lipinski definition) is 4. The van der Waals surface area contributed by atoms with E-state index < -0.39 is 5.82 Å². The van der Waals surface area contributed by atoms with Gasteiger partial charge in [-0.15, -0.1) is 11.3 Å². The van der Waals surface area contributed by atoms with E-state index in [9.17, 15) is 9.18 Å². The smallest absolute Gasteiger partial charge is 0.263 e. The fraction of sp³-hybridized carbons (Fsp3) is 0.474. The average molecular weight is 396 g/mol. The minimum absolute atomic E-state index is 0.160. The van der Waals surface area contributed by atoms with Gasteiger partial charge in [-0.05, 0) is 51.4 Å². The Morgan fingerprint density at radius 3 is 2.77 bits per heavy atom. The molecule has 1 aliphatic rings. The molecule has 0 bridgehead atoms. The molecule has 1 N–H and O–H groups in total. The number of nitrogens with one attached hydrogen (secondary N) is 1. The SMILES string of the molecule is Cc1ccc(F)c(-c2nc(C)c(C(=O)NCCN3CCCCC3)s2)c1Cl. The zero-order valence-corrected chi connectivity index (χ0v) is 16.6. The molecule has 2 aromatic rings. The first kappa shape index (κ1) is 19.3. The standard InChI is InChI=1S/C19H23ClFN3OS/c1-12-6-7-14(21)15(16(12)20)19-23-13(2)17(26-19)18(25)22-8-11-24-9-4-3-5-10-24/h6-7H,3-5,8-11H2,1-2H3,(H,22,25). The number of amides is 1. The fourth-order valence-electron chi connectivity index (χ4n) is 3.16. The van der Waals surface area contributed by atoms with E-state index in [2.05, 4.69) is 15.2 Å². The number of benzene rings is 1. The number of aryl methyl sites for hydroxylation is 2. The first-order chi connectivity index (χ1) is 12.5. The molecule has 2 heterocycles. The molecular formula is C19H23ClFN3OS. The van der Waals surface area contributed by atoms with Crippen LogP contribution in [-0.4, -0.2) is 42.0 Å². The number of halogens is 2. The summed E-state index contributed by atoms with van der Waals surface area (Å²) in [4.78, 5) is 19.8. The van der Waals surface area contributed by atoms with Crippen LogP contribution in [-0.2, 0) is 0 Å². The van der Waals surface area contributed by atoms with Crippen LogP contribution < -0.4 is 5.32 Å². The van der Waals surface area contributed by atoms with E-state index in [0.29, 0.717) is 27.1 Å². The molecule has 7 heteroatoms. The van der Waals surface area contributed by atoms with Crippen LogP contribution in [0.4, 0.5) is 4.39 Å². The van der Waals surface area contributed by atoms with Gasteiger partial charge in [0.25, 0.3) is 5.91 Å². The third-order valence-corrected chi connectivity index (χ3v) is 6.32. The van der Waals surface area contributed by atoms with Crippen LogP contribution in [0.3, 0.4) is 0 Å². The first-order valence-electron chi connectivity index (χ1n) is 8.90. The Bertz CT molecular complexity index is 802. The molecule has 0 radical (unpaired) electrons. The molecule has 0 unspecified atom stereocenters. The lowest BCUT2D eigenvalue weighted by molar-refractivity contribution is 0.0950. The third-order valence-electron chi connectivity index (χ3n) is 4.66. The second kappa shape index (κ2) is 8.46. The molecule has 1 saturated heterocycles. The highest BCUT2D eigenvalue weighted by atomic mass is 35.5. The number of piperidine rings is 1. The van der Waals surface area contributed by atoms with E-state index in [-0.39, 0.29) is 11.5 Å². The zero-order chi connectivity index (χ0) is 18.7. The summed E-state index contributed by atoms with van der Waals surface area (Å²) in [7, 11) is 0. The first-order valence-corrected chi connectivity index (χ1v) is 10.1. The Balaban J connectivity index is 1.70. The third kappa shape index (κ3) is 4.24. The van der Waals surface area contributed by atoms with Gasteiger partial charge in [0.05, 0.1) is 16.3 Å². The summed E-state index contributed by atoms with van der Waals surface area (Å²) >= 11 is 7.45. The molecule has 1 aliphatic heterocycles. The maximum Gasteiger partial charge on any atom is 0.263 e. The monoisotopic (exact) mass is 395 g/mol. The van der Waals surface area contributed by atoms with Gasteiger partial charge in [-0.2, -0.15) is 0 Å². The average Bonchev–Trinajstić information content (AvgIpc) is 3.01. The number of carbonyl (C=O) groups is 1. The van der Waals surface area contributed by atoms with Crippen LogP contribution in [0.15, 0.2) is 12.1 Å². The van der Waals surface area contributed by atoms with Crippen molar-refractivity contribution in [1.82, 2.24) is 15.2 Å². The molecule has 4 nitrogen and oxygen atoms in total. The Labute approximate surface area is 162 Å². The number of rotatable bonds is 5. The van der Waals surface area contributed by atoms with Crippen LogP contribution in [0, 0.1) is 19.7 Å². The molecule has 26 heavy (non-hydrogen) atoms. The summed E-state index contributed by atoms with van der Waals surface area (Å²) in [5.74, 6) is -0.584. The van der Waals surface area contributed by atoms with Gasteiger partial charge < -0.3 is 10.2 Å². The highest BCUT2D eigenvalue weighted by Crippen LogP contribution is 2.36. The number of carbonyl (C=O) groups excluding carboxylic acids is 1. The normalized spacial score (nSPS) is 15.2. The van der Waals surface area contributed by atoms with Crippen molar-refractivity contribution in [1.29, 1.82) is 0 Å².